The number of nitrogens with one attached hydrogen (secondary N) is 1. The van der Waals surface area contributed by atoms with E-state index >= 15 is 0 Å². The van der Waals surface area contributed by atoms with E-state index in [0.29, 0.717) is 0 Å². The molecule has 0 atom stereocenters. The lowest BCUT2D eigenvalue weighted by Gasteiger charge is -1.69. The second-order valence-electron chi connectivity index (χ2n) is 0.789. The quantitative estimate of drug-likeness (QED) is 0.240. The summed E-state index contributed by atoms with van der Waals surface area (Å²) in [5.41, 5.74) is 4.81. The number of rotatable bonds is 0. The molecular weight excluding hydrogens is 76.1 g/mol. The van der Waals surface area contributed by atoms with Crippen LogP contribution in [0.4, 0.5) is 0 Å². The first-order valence-corrected chi connectivity index (χ1v) is 1.54. The summed E-state index contributed by atoms with van der Waals surface area (Å²) in [5.74, 6) is 4.72. The van der Waals surface area contributed by atoms with Gasteiger partial charge in [-0.05, 0) is 12.8 Å². The van der Waals surface area contributed by atoms with Crippen molar-refractivity contribution in [1.82, 2.24) is 0 Å². The van der Waals surface area contributed by atoms with Crippen LogP contribution < -0.4 is 5.73 Å². The average Bonchev–Trinajstić information content (AvgIpc) is 1.35. The van der Waals surface area contributed by atoms with Crippen LogP contribution in [-0.4, -0.2) is 5.84 Å². The fourth-order valence-corrected chi connectivity index (χ4v) is 0.135. The molecule has 0 heterocycles. The van der Waals surface area contributed by atoms with Gasteiger partial charge in [-0.15, -0.1) is 0 Å². The highest BCUT2D eigenvalue weighted by Crippen LogP contribution is 1.48. The van der Waals surface area contributed by atoms with Crippen LogP contribution in [0.25, 0.3) is 0 Å². The third-order valence-electron chi connectivity index (χ3n) is 0.260. The van der Waals surface area contributed by atoms with Crippen molar-refractivity contribution in [3.8, 4) is 11.8 Å². The first kappa shape index (κ1) is 5.03. The number of hydrogen-bond donors (Lipinski definition) is 2. The predicted octanol–water partition coefficient (Wildman–Crippen LogP) is -0.0543. The van der Waals surface area contributed by atoms with Crippen molar-refractivity contribution in [3.05, 3.63) is 0 Å². The minimum absolute atomic E-state index is 0.0718. The van der Waals surface area contributed by atoms with Gasteiger partial charge in [-0.3, -0.25) is 5.41 Å². The predicted molar refractivity (Wildman–Crippen MR) is 25.4 cm³/mol. The molecule has 3 N–H and O–H groups in total. The molecule has 32 valence electrons. The van der Waals surface area contributed by atoms with Crippen LogP contribution in [0.3, 0.4) is 0 Å². The number of amidine groups is 1. The van der Waals surface area contributed by atoms with Gasteiger partial charge in [0, 0.05) is 0 Å². The molecule has 0 amide bonds. The molecule has 0 aliphatic rings. The monoisotopic (exact) mass is 82.1 g/mol. The fraction of sp³-hybridized carbons (Fsp3) is 0.250. The summed E-state index contributed by atoms with van der Waals surface area (Å²) < 4.78 is 0. The third kappa shape index (κ3) is 3.03. The average molecular weight is 82.1 g/mol. The van der Waals surface area contributed by atoms with Crippen LogP contribution in [0.1, 0.15) is 6.92 Å². The first-order chi connectivity index (χ1) is 2.77. The smallest absolute Gasteiger partial charge is 0.168 e. The summed E-state index contributed by atoms with van der Waals surface area (Å²) in [5, 5.41) is 6.50. The molecular formula is C4H6N2. The number of nitrogens with two attached hydrogens (primary N) is 1. The van der Waals surface area contributed by atoms with Gasteiger partial charge in [-0.2, -0.15) is 0 Å². The van der Waals surface area contributed by atoms with E-state index in [1.54, 1.807) is 6.92 Å². The second kappa shape index (κ2) is 2.28. The SMILES string of the molecule is CC#CC(=N)N. The molecule has 0 rings (SSSR count). The molecule has 0 aromatic carbocycles. The summed E-state index contributed by atoms with van der Waals surface area (Å²) in [6.07, 6.45) is 0. The van der Waals surface area contributed by atoms with Crippen LogP contribution in [0, 0.1) is 17.3 Å². The maximum atomic E-state index is 6.50. The van der Waals surface area contributed by atoms with E-state index in [4.69, 9.17) is 11.1 Å². The van der Waals surface area contributed by atoms with Crippen molar-refractivity contribution >= 4 is 5.84 Å². The fourth-order valence-electron chi connectivity index (χ4n) is 0.135. The number of hydrogen-bond acceptors (Lipinski definition) is 1. The summed E-state index contributed by atoms with van der Waals surface area (Å²) in [4.78, 5) is 0. The minimum Gasteiger partial charge on any atom is -0.377 e. The molecule has 0 aromatic heterocycles. The Labute approximate surface area is 36.9 Å². The zero-order chi connectivity index (χ0) is 4.99. The lowest BCUT2D eigenvalue weighted by Crippen LogP contribution is -2.04. The molecule has 2 heteroatoms. The molecule has 0 saturated carbocycles. The summed E-state index contributed by atoms with van der Waals surface area (Å²) in [7, 11) is 0. The van der Waals surface area contributed by atoms with Gasteiger partial charge < -0.3 is 5.73 Å². The van der Waals surface area contributed by atoms with Crippen molar-refractivity contribution in [3.63, 3.8) is 0 Å². The van der Waals surface area contributed by atoms with E-state index in [2.05, 4.69) is 11.8 Å². The summed E-state index contributed by atoms with van der Waals surface area (Å²) in [6, 6.07) is 0. The molecule has 0 aromatic rings. The van der Waals surface area contributed by atoms with Crippen LogP contribution in [0.2, 0.25) is 0 Å². The van der Waals surface area contributed by atoms with Gasteiger partial charge in [-0.25, -0.2) is 0 Å². The maximum Gasteiger partial charge on any atom is 0.168 e. The molecule has 0 unspecified atom stereocenters. The van der Waals surface area contributed by atoms with Gasteiger partial charge in [0.1, 0.15) is 0 Å². The Morgan fingerprint density at radius 3 is 2.33 bits per heavy atom. The Bertz CT molecular complexity index is 104. The first-order valence-electron chi connectivity index (χ1n) is 1.54. The molecule has 0 aliphatic heterocycles. The van der Waals surface area contributed by atoms with Gasteiger partial charge in [0.25, 0.3) is 0 Å². The van der Waals surface area contributed by atoms with Crippen molar-refractivity contribution in [2.75, 3.05) is 0 Å². The van der Waals surface area contributed by atoms with E-state index in [0.717, 1.165) is 0 Å². The van der Waals surface area contributed by atoms with Gasteiger partial charge in [0.05, 0.1) is 0 Å². The van der Waals surface area contributed by atoms with Crippen molar-refractivity contribution in [2.45, 2.75) is 6.92 Å². The van der Waals surface area contributed by atoms with Gasteiger partial charge >= 0.3 is 0 Å². The van der Waals surface area contributed by atoms with Crippen molar-refractivity contribution in [1.29, 1.82) is 5.41 Å². The highest BCUT2D eigenvalue weighted by Gasteiger charge is 1.65. The summed E-state index contributed by atoms with van der Waals surface area (Å²) in [6.45, 7) is 1.64. The van der Waals surface area contributed by atoms with Crippen LogP contribution in [0.15, 0.2) is 0 Å². The highest BCUT2D eigenvalue weighted by atomic mass is 14.7. The third-order valence-corrected chi connectivity index (χ3v) is 0.260. The Hall–Kier alpha value is -0.970. The largest absolute Gasteiger partial charge is 0.377 e. The topological polar surface area (TPSA) is 49.9 Å². The zero-order valence-electron chi connectivity index (χ0n) is 3.58. The van der Waals surface area contributed by atoms with E-state index in [9.17, 15) is 0 Å². The normalized spacial score (nSPS) is 5.50. The molecule has 0 bridgehead atoms. The van der Waals surface area contributed by atoms with E-state index in [1.165, 1.54) is 0 Å². The van der Waals surface area contributed by atoms with Crippen LogP contribution in [-0.2, 0) is 0 Å². The van der Waals surface area contributed by atoms with Gasteiger partial charge in [-0.1, -0.05) is 5.92 Å². The van der Waals surface area contributed by atoms with Crippen LogP contribution in [0.5, 0.6) is 0 Å². The molecule has 0 aliphatic carbocycles. The van der Waals surface area contributed by atoms with Crippen LogP contribution >= 0.6 is 0 Å². The van der Waals surface area contributed by atoms with E-state index < -0.39 is 0 Å². The van der Waals surface area contributed by atoms with E-state index in [-0.39, 0.29) is 5.84 Å². The molecule has 0 fully saturated rings. The molecule has 0 radical (unpaired) electrons. The van der Waals surface area contributed by atoms with Crippen molar-refractivity contribution in [2.24, 2.45) is 5.73 Å². The zero-order valence-corrected chi connectivity index (χ0v) is 3.58. The van der Waals surface area contributed by atoms with E-state index in [1.807, 2.05) is 0 Å². The Morgan fingerprint density at radius 2 is 2.33 bits per heavy atom. The Morgan fingerprint density at radius 1 is 1.83 bits per heavy atom. The molecule has 2 nitrogen and oxygen atoms in total. The maximum absolute atomic E-state index is 6.50. The molecule has 6 heavy (non-hydrogen) atoms. The Kier molecular flexibility index (Phi) is 1.91. The second-order valence-corrected chi connectivity index (χ2v) is 0.789. The Balaban J connectivity index is 3.50. The van der Waals surface area contributed by atoms with Gasteiger partial charge in [0.2, 0.25) is 0 Å². The standard InChI is InChI=1S/C4H6N2/c1-2-3-4(5)6/h1H3,(H3,5,6). The van der Waals surface area contributed by atoms with Crippen molar-refractivity contribution < 1.29 is 0 Å². The summed E-state index contributed by atoms with van der Waals surface area (Å²) >= 11 is 0. The van der Waals surface area contributed by atoms with Gasteiger partial charge in [0.15, 0.2) is 5.84 Å². The molecule has 0 saturated heterocycles. The minimum atomic E-state index is -0.0718. The molecule has 0 spiro atoms. The lowest BCUT2D eigenvalue weighted by atomic mass is 10.6. The highest BCUT2D eigenvalue weighted by molar-refractivity contribution is 5.94. The lowest BCUT2D eigenvalue weighted by molar-refractivity contribution is 1.48.